The molecule has 1 saturated carbocycles. The third-order valence-electron chi connectivity index (χ3n) is 4.87. The Morgan fingerprint density at radius 3 is 2.52 bits per heavy atom. The minimum absolute atomic E-state index is 0.116. The molecule has 3 nitrogen and oxygen atoms in total. The molecule has 1 aromatic carbocycles. The van der Waals surface area contributed by atoms with Crippen molar-refractivity contribution in [2.45, 2.75) is 44.2 Å². The lowest BCUT2D eigenvalue weighted by Crippen LogP contribution is -2.39. The molecule has 1 aromatic rings. The lowest BCUT2D eigenvalue weighted by molar-refractivity contribution is 0.0337. The van der Waals surface area contributed by atoms with Gasteiger partial charge in [0.15, 0.2) is 0 Å². The first-order valence-electron chi connectivity index (χ1n) is 8.05. The minimum atomic E-state index is -0.323. The van der Waals surface area contributed by atoms with Gasteiger partial charge in [0.05, 0.1) is 13.2 Å². The van der Waals surface area contributed by atoms with Gasteiger partial charge in [-0.15, -0.1) is 0 Å². The van der Waals surface area contributed by atoms with Crippen LogP contribution in [-0.2, 0) is 16.8 Å². The molecule has 0 atom stereocenters. The number of hydrogen-bond donors (Lipinski definition) is 1. The molecule has 0 unspecified atom stereocenters. The standard InChI is InChI=1S/C17H25FN2O/c18-16-12-15(17(19)6-2-1-3-7-17)5-4-14(16)13-20-8-10-21-11-9-20/h4-5,12H,1-3,6-11,13,19H2. The average molecular weight is 292 g/mol. The molecular weight excluding hydrogens is 267 g/mol. The van der Waals surface area contributed by atoms with Crippen LogP contribution >= 0.6 is 0 Å². The van der Waals surface area contributed by atoms with Crippen LogP contribution in [0.1, 0.15) is 43.2 Å². The molecule has 21 heavy (non-hydrogen) atoms. The van der Waals surface area contributed by atoms with E-state index < -0.39 is 0 Å². The van der Waals surface area contributed by atoms with E-state index in [-0.39, 0.29) is 11.4 Å². The molecule has 116 valence electrons. The molecule has 2 aliphatic rings. The summed E-state index contributed by atoms with van der Waals surface area (Å²) in [6, 6.07) is 5.62. The van der Waals surface area contributed by atoms with Crippen molar-refractivity contribution in [2.24, 2.45) is 5.73 Å². The van der Waals surface area contributed by atoms with Gasteiger partial charge in [-0.1, -0.05) is 31.4 Å². The highest BCUT2D eigenvalue weighted by Crippen LogP contribution is 2.35. The Morgan fingerprint density at radius 1 is 1.14 bits per heavy atom. The van der Waals surface area contributed by atoms with Crippen LogP contribution in [0.3, 0.4) is 0 Å². The third kappa shape index (κ3) is 3.44. The Labute approximate surface area is 126 Å². The zero-order valence-electron chi connectivity index (χ0n) is 12.6. The van der Waals surface area contributed by atoms with Gasteiger partial charge in [-0.05, 0) is 24.5 Å². The van der Waals surface area contributed by atoms with E-state index in [4.69, 9.17) is 10.5 Å². The molecule has 1 aliphatic carbocycles. The molecule has 1 saturated heterocycles. The molecule has 0 aromatic heterocycles. The Balaban J connectivity index is 1.72. The van der Waals surface area contributed by atoms with Crippen LogP contribution in [0.4, 0.5) is 4.39 Å². The van der Waals surface area contributed by atoms with Crippen molar-refractivity contribution in [1.29, 1.82) is 0 Å². The molecule has 2 N–H and O–H groups in total. The van der Waals surface area contributed by atoms with Crippen molar-refractivity contribution in [3.8, 4) is 0 Å². The molecule has 0 spiro atoms. The van der Waals surface area contributed by atoms with E-state index in [1.165, 1.54) is 6.42 Å². The van der Waals surface area contributed by atoms with Crippen LogP contribution in [0.15, 0.2) is 18.2 Å². The maximum absolute atomic E-state index is 14.4. The summed E-state index contributed by atoms with van der Waals surface area (Å²) in [7, 11) is 0. The second-order valence-electron chi connectivity index (χ2n) is 6.41. The molecule has 2 fully saturated rings. The van der Waals surface area contributed by atoms with Gasteiger partial charge in [-0.2, -0.15) is 0 Å². The van der Waals surface area contributed by atoms with Crippen molar-refractivity contribution in [3.63, 3.8) is 0 Å². The summed E-state index contributed by atoms with van der Waals surface area (Å²) < 4.78 is 19.7. The Morgan fingerprint density at radius 2 is 1.86 bits per heavy atom. The number of hydrogen-bond acceptors (Lipinski definition) is 3. The summed E-state index contributed by atoms with van der Waals surface area (Å²) in [6.45, 7) is 3.90. The first-order valence-corrected chi connectivity index (χ1v) is 8.05. The van der Waals surface area contributed by atoms with Crippen LogP contribution in [0.2, 0.25) is 0 Å². The molecule has 0 radical (unpaired) electrons. The average Bonchev–Trinajstić information content (AvgIpc) is 2.51. The number of nitrogens with two attached hydrogens (primary N) is 1. The van der Waals surface area contributed by atoms with E-state index in [0.29, 0.717) is 6.54 Å². The van der Waals surface area contributed by atoms with Crippen LogP contribution < -0.4 is 5.73 Å². The van der Waals surface area contributed by atoms with Gasteiger partial charge >= 0.3 is 0 Å². The SMILES string of the molecule is NC1(c2ccc(CN3CCOCC3)c(F)c2)CCCCC1. The van der Waals surface area contributed by atoms with Crippen LogP contribution in [-0.4, -0.2) is 31.2 Å². The number of rotatable bonds is 3. The molecular formula is C17H25FN2O. The second kappa shape index (κ2) is 6.42. The van der Waals surface area contributed by atoms with Gasteiger partial charge in [0.2, 0.25) is 0 Å². The predicted octanol–water partition coefficient (Wildman–Crippen LogP) is 2.78. The van der Waals surface area contributed by atoms with Gasteiger partial charge in [0.25, 0.3) is 0 Å². The van der Waals surface area contributed by atoms with E-state index in [1.54, 1.807) is 6.07 Å². The normalized spacial score (nSPS) is 23.1. The maximum Gasteiger partial charge on any atom is 0.128 e. The largest absolute Gasteiger partial charge is 0.379 e. The van der Waals surface area contributed by atoms with Gasteiger partial charge < -0.3 is 10.5 Å². The fourth-order valence-electron chi connectivity index (χ4n) is 3.46. The Kier molecular flexibility index (Phi) is 4.57. The van der Waals surface area contributed by atoms with E-state index in [0.717, 1.165) is 63.1 Å². The molecule has 4 heteroatoms. The van der Waals surface area contributed by atoms with Crippen LogP contribution in [0.25, 0.3) is 0 Å². The number of nitrogens with zero attached hydrogens (tertiary/aromatic N) is 1. The van der Waals surface area contributed by atoms with Gasteiger partial charge in [-0.25, -0.2) is 4.39 Å². The zero-order chi connectivity index (χ0) is 14.7. The lowest BCUT2D eigenvalue weighted by atomic mass is 9.77. The van der Waals surface area contributed by atoms with Gasteiger partial charge in [0.1, 0.15) is 5.82 Å². The quantitative estimate of drug-likeness (QED) is 0.931. The minimum Gasteiger partial charge on any atom is -0.379 e. The Hall–Kier alpha value is -0.970. The summed E-state index contributed by atoms with van der Waals surface area (Å²) in [5, 5.41) is 0. The van der Waals surface area contributed by atoms with E-state index in [2.05, 4.69) is 4.90 Å². The number of ether oxygens (including phenoxy) is 1. The highest BCUT2D eigenvalue weighted by atomic mass is 19.1. The van der Waals surface area contributed by atoms with Gasteiger partial charge in [-0.3, -0.25) is 4.90 Å². The van der Waals surface area contributed by atoms with E-state index in [9.17, 15) is 4.39 Å². The highest BCUT2D eigenvalue weighted by molar-refractivity contribution is 5.30. The van der Waals surface area contributed by atoms with E-state index in [1.807, 2.05) is 12.1 Å². The lowest BCUT2D eigenvalue weighted by Gasteiger charge is -2.34. The third-order valence-corrected chi connectivity index (χ3v) is 4.87. The summed E-state index contributed by atoms with van der Waals surface area (Å²) in [4.78, 5) is 2.24. The summed E-state index contributed by atoms with van der Waals surface area (Å²) >= 11 is 0. The van der Waals surface area contributed by atoms with Crippen LogP contribution in [0.5, 0.6) is 0 Å². The second-order valence-corrected chi connectivity index (χ2v) is 6.41. The summed E-state index contributed by atoms with van der Waals surface area (Å²) in [5.41, 5.74) is 7.89. The maximum atomic E-state index is 14.4. The highest BCUT2D eigenvalue weighted by Gasteiger charge is 2.30. The molecule has 1 aliphatic heterocycles. The summed E-state index contributed by atoms with van der Waals surface area (Å²) in [6.07, 6.45) is 5.47. The smallest absolute Gasteiger partial charge is 0.128 e. The molecule has 3 rings (SSSR count). The summed E-state index contributed by atoms with van der Waals surface area (Å²) in [5.74, 6) is -0.116. The topological polar surface area (TPSA) is 38.5 Å². The first kappa shape index (κ1) is 14.9. The number of morpholine rings is 1. The van der Waals surface area contributed by atoms with Gasteiger partial charge in [0, 0.05) is 30.7 Å². The molecule has 0 bridgehead atoms. The monoisotopic (exact) mass is 292 g/mol. The molecule has 1 heterocycles. The zero-order valence-corrected chi connectivity index (χ0v) is 12.6. The van der Waals surface area contributed by atoms with Crippen LogP contribution in [0, 0.1) is 5.82 Å². The van der Waals surface area contributed by atoms with Crippen molar-refractivity contribution in [2.75, 3.05) is 26.3 Å². The van der Waals surface area contributed by atoms with Crippen molar-refractivity contribution >= 4 is 0 Å². The predicted molar refractivity (Wildman–Crippen MR) is 81.4 cm³/mol. The van der Waals surface area contributed by atoms with E-state index >= 15 is 0 Å². The first-order chi connectivity index (χ1) is 10.2. The van der Waals surface area contributed by atoms with Crippen molar-refractivity contribution < 1.29 is 9.13 Å². The van der Waals surface area contributed by atoms with Crippen molar-refractivity contribution in [1.82, 2.24) is 4.90 Å². The molecule has 0 amide bonds. The van der Waals surface area contributed by atoms with Crippen molar-refractivity contribution in [3.05, 3.63) is 35.1 Å². The number of halogens is 1. The fourth-order valence-corrected chi connectivity index (χ4v) is 3.46. The number of benzene rings is 1. The fraction of sp³-hybridized carbons (Fsp3) is 0.647. The Bertz CT molecular complexity index is 480.